The third-order valence-corrected chi connectivity index (χ3v) is 2.52. The predicted molar refractivity (Wildman–Crippen MR) is 76.0 cm³/mol. The summed E-state index contributed by atoms with van der Waals surface area (Å²) in [5.74, 6) is -0.0339. The molecular formula is C14H28N2O3. The molecule has 0 radical (unpaired) electrons. The van der Waals surface area contributed by atoms with Gasteiger partial charge >= 0.3 is 6.09 Å². The third-order valence-electron chi connectivity index (χ3n) is 2.52. The molecule has 2 amide bonds. The van der Waals surface area contributed by atoms with Crippen LogP contribution in [0.5, 0.6) is 0 Å². The Morgan fingerprint density at radius 3 is 2.05 bits per heavy atom. The topological polar surface area (TPSA) is 58.6 Å². The van der Waals surface area contributed by atoms with E-state index in [-0.39, 0.29) is 5.91 Å². The summed E-state index contributed by atoms with van der Waals surface area (Å²) in [6.45, 7) is 12.6. The molecule has 0 aromatic heterocycles. The Morgan fingerprint density at radius 1 is 1.16 bits per heavy atom. The van der Waals surface area contributed by atoms with Gasteiger partial charge in [0.25, 0.3) is 0 Å². The molecule has 0 aromatic rings. The summed E-state index contributed by atoms with van der Waals surface area (Å²) in [6.07, 6.45) is 1.55. The molecule has 1 aliphatic heterocycles. The van der Waals surface area contributed by atoms with Gasteiger partial charge in [-0.15, -0.1) is 0 Å². The first-order valence-corrected chi connectivity index (χ1v) is 7.08. The number of hydrogen-bond acceptors (Lipinski definition) is 3. The summed E-state index contributed by atoms with van der Waals surface area (Å²) in [4.78, 5) is 25.2. The Kier molecular flexibility index (Phi) is 7.49. The minimum atomic E-state index is -0.544. The molecule has 0 aliphatic carbocycles. The van der Waals surface area contributed by atoms with E-state index < -0.39 is 17.7 Å². The lowest BCUT2D eigenvalue weighted by Crippen LogP contribution is -2.47. The van der Waals surface area contributed by atoms with Gasteiger partial charge in [0.05, 0.1) is 0 Å². The fraction of sp³-hybridized carbons (Fsp3) is 0.857. The Morgan fingerprint density at radius 2 is 1.63 bits per heavy atom. The first-order chi connectivity index (χ1) is 8.79. The SMILES string of the molecule is CC.C[C@H](NC(=O)OC(C)(C)C)C(=O)N1CCCC1. The van der Waals surface area contributed by atoms with Crippen LogP contribution in [0.3, 0.4) is 0 Å². The summed E-state index contributed by atoms with van der Waals surface area (Å²) in [5.41, 5.74) is -0.541. The van der Waals surface area contributed by atoms with E-state index in [1.807, 2.05) is 13.8 Å². The molecule has 5 nitrogen and oxygen atoms in total. The summed E-state index contributed by atoms with van der Waals surface area (Å²) >= 11 is 0. The van der Waals surface area contributed by atoms with Crippen molar-refractivity contribution in [1.82, 2.24) is 10.2 Å². The zero-order valence-corrected chi connectivity index (χ0v) is 13.1. The van der Waals surface area contributed by atoms with Gasteiger partial charge in [-0.2, -0.15) is 0 Å². The van der Waals surface area contributed by atoms with Crippen molar-refractivity contribution < 1.29 is 14.3 Å². The number of nitrogens with one attached hydrogen (secondary N) is 1. The summed E-state index contributed by atoms with van der Waals surface area (Å²) in [6, 6.07) is -0.525. The van der Waals surface area contributed by atoms with Crippen LogP contribution in [0.15, 0.2) is 0 Å². The number of likely N-dealkylation sites (tertiary alicyclic amines) is 1. The largest absolute Gasteiger partial charge is 0.444 e. The maximum atomic E-state index is 11.9. The number of carbonyl (C=O) groups is 2. The van der Waals surface area contributed by atoms with Crippen molar-refractivity contribution in [2.24, 2.45) is 0 Å². The van der Waals surface area contributed by atoms with E-state index in [0.717, 1.165) is 25.9 Å². The first-order valence-electron chi connectivity index (χ1n) is 7.08. The lowest BCUT2D eigenvalue weighted by atomic mass is 10.2. The van der Waals surface area contributed by atoms with Crippen LogP contribution in [0.1, 0.15) is 54.4 Å². The summed E-state index contributed by atoms with van der Waals surface area (Å²) < 4.78 is 5.10. The van der Waals surface area contributed by atoms with Gasteiger partial charge in [-0.25, -0.2) is 4.79 Å². The fourth-order valence-corrected chi connectivity index (χ4v) is 1.76. The van der Waals surface area contributed by atoms with E-state index in [4.69, 9.17) is 4.74 Å². The van der Waals surface area contributed by atoms with Crippen LogP contribution in [0.4, 0.5) is 4.79 Å². The number of ether oxygens (including phenoxy) is 1. The van der Waals surface area contributed by atoms with Gasteiger partial charge < -0.3 is 15.0 Å². The first kappa shape index (κ1) is 17.7. The molecule has 0 bridgehead atoms. The molecule has 112 valence electrons. The Labute approximate surface area is 116 Å². The van der Waals surface area contributed by atoms with E-state index in [0.29, 0.717) is 0 Å². The quantitative estimate of drug-likeness (QED) is 0.840. The number of hydrogen-bond donors (Lipinski definition) is 1. The molecule has 0 unspecified atom stereocenters. The molecule has 0 spiro atoms. The number of alkyl carbamates (subject to hydrolysis) is 1. The smallest absolute Gasteiger partial charge is 0.408 e. The molecule has 19 heavy (non-hydrogen) atoms. The maximum Gasteiger partial charge on any atom is 0.408 e. The second-order valence-electron chi connectivity index (χ2n) is 5.40. The van der Waals surface area contributed by atoms with Gasteiger partial charge in [0, 0.05) is 13.1 Å². The van der Waals surface area contributed by atoms with Crippen molar-refractivity contribution in [3.63, 3.8) is 0 Å². The highest BCUT2D eigenvalue weighted by Crippen LogP contribution is 2.10. The normalized spacial score (nSPS) is 16.2. The lowest BCUT2D eigenvalue weighted by molar-refractivity contribution is -0.131. The molecule has 1 fully saturated rings. The molecule has 1 N–H and O–H groups in total. The van der Waals surface area contributed by atoms with Gasteiger partial charge in [-0.1, -0.05) is 13.8 Å². The number of carbonyl (C=O) groups excluding carboxylic acids is 2. The number of amides is 2. The molecule has 5 heteroatoms. The molecular weight excluding hydrogens is 244 g/mol. The van der Waals surface area contributed by atoms with Crippen LogP contribution in [-0.2, 0) is 9.53 Å². The highest BCUT2D eigenvalue weighted by Gasteiger charge is 2.26. The average Bonchev–Trinajstić information content (AvgIpc) is 2.81. The van der Waals surface area contributed by atoms with Gasteiger partial charge in [0.15, 0.2) is 0 Å². The molecule has 0 saturated carbocycles. The third kappa shape index (κ3) is 7.03. The Bertz CT molecular complexity index is 292. The van der Waals surface area contributed by atoms with Gasteiger partial charge in [0.2, 0.25) is 5.91 Å². The molecule has 1 saturated heterocycles. The van der Waals surface area contributed by atoms with E-state index >= 15 is 0 Å². The van der Waals surface area contributed by atoms with Gasteiger partial charge in [0.1, 0.15) is 11.6 Å². The van der Waals surface area contributed by atoms with Crippen LogP contribution < -0.4 is 5.32 Å². The maximum absolute atomic E-state index is 11.9. The zero-order chi connectivity index (χ0) is 15.1. The highest BCUT2D eigenvalue weighted by molar-refractivity contribution is 5.85. The van der Waals surface area contributed by atoms with Crippen LogP contribution in [-0.4, -0.2) is 41.6 Å². The van der Waals surface area contributed by atoms with Crippen LogP contribution >= 0.6 is 0 Å². The van der Waals surface area contributed by atoms with Gasteiger partial charge in [-0.3, -0.25) is 4.79 Å². The summed E-state index contributed by atoms with van der Waals surface area (Å²) in [7, 11) is 0. The summed E-state index contributed by atoms with van der Waals surface area (Å²) in [5, 5.41) is 2.56. The second-order valence-corrected chi connectivity index (χ2v) is 5.40. The van der Waals surface area contributed by atoms with E-state index in [1.54, 1.807) is 32.6 Å². The van der Waals surface area contributed by atoms with Crippen LogP contribution in [0, 0.1) is 0 Å². The van der Waals surface area contributed by atoms with Crippen molar-refractivity contribution in [1.29, 1.82) is 0 Å². The second kappa shape index (κ2) is 8.02. The molecule has 1 atom stereocenters. The zero-order valence-electron chi connectivity index (χ0n) is 13.1. The van der Waals surface area contributed by atoms with Crippen molar-refractivity contribution in [2.75, 3.05) is 13.1 Å². The minimum absolute atomic E-state index is 0.0339. The van der Waals surface area contributed by atoms with E-state index in [1.165, 1.54) is 0 Å². The number of rotatable bonds is 2. The fourth-order valence-electron chi connectivity index (χ4n) is 1.76. The molecule has 1 rings (SSSR count). The molecule has 1 heterocycles. The Hall–Kier alpha value is -1.26. The molecule has 1 aliphatic rings. The van der Waals surface area contributed by atoms with Crippen molar-refractivity contribution >= 4 is 12.0 Å². The average molecular weight is 272 g/mol. The van der Waals surface area contributed by atoms with Gasteiger partial charge in [-0.05, 0) is 40.5 Å². The van der Waals surface area contributed by atoms with E-state index in [9.17, 15) is 9.59 Å². The minimum Gasteiger partial charge on any atom is -0.444 e. The van der Waals surface area contributed by atoms with E-state index in [2.05, 4.69) is 5.32 Å². The highest BCUT2D eigenvalue weighted by atomic mass is 16.6. The predicted octanol–water partition coefficient (Wildman–Crippen LogP) is 2.55. The Balaban J connectivity index is 0.00000154. The number of nitrogens with zero attached hydrogens (tertiary/aromatic N) is 1. The lowest BCUT2D eigenvalue weighted by Gasteiger charge is -2.24. The van der Waals surface area contributed by atoms with Crippen molar-refractivity contribution in [3.05, 3.63) is 0 Å². The van der Waals surface area contributed by atoms with Crippen LogP contribution in [0.2, 0.25) is 0 Å². The van der Waals surface area contributed by atoms with Crippen LogP contribution in [0.25, 0.3) is 0 Å². The monoisotopic (exact) mass is 272 g/mol. The molecule has 0 aromatic carbocycles. The van der Waals surface area contributed by atoms with Crippen molar-refractivity contribution in [2.45, 2.75) is 66.0 Å². The standard InChI is InChI=1S/C12H22N2O3.C2H6/c1-9(10(15)14-7-5-6-8-14)13-11(16)17-12(2,3)4;1-2/h9H,5-8H2,1-4H3,(H,13,16);1-2H3/t9-;/m0./s1. The van der Waals surface area contributed by atoms with Crippen molar-refractivity contribution in [3.8, 4) is 0 Å².